The first-order chi connectivity index (χ1) is 9.13. The van der Waals surface area contributed by atoms with Crippen LogP contribution in [-0.4, -0.2) is 16.6 Å². The minimum absolute atomic E-state index is 0.178. The average Bonchev–Trinajstić information content (AvgIpc) is 2.40. The Kier molecular flexibility index (Phi) is 4.30. The maximum atomic E-state index is 10.6. The molecule has 0 aliphatic rings. The molecule has 100 valence electrons. The van der Waals surface area contributed by atoms with Crippen molar-refractivity contribution < 1.29 is 5.11 Å². The van der Waals surface area contributed by atoms with Gasteiger partial charge in [0.15, 0.2) is 0 Å². The van der Waals surface area contributed by atoms with Crippen molar-refractivity contribution in [3.8, 4) is 0 Å². The van der Waals surface area contributed by atoms with E-state index in [0.29, 0.717) is 6.54 Å². The first kappa shape index (κ1) is 13.7. The molecule has 1 heterocycles. The molecule has 2 rings (SSSR count). The third kappa shape index (κ3) is 3.00. The van der Waals surface area contributed by atoms with Gasteiger partial charge in [-0.05, 0) is 37.1 Å². The van der Waals surface area contributed by atoms with Crippen molar-refractivity contribution in [2.45, 2.75) is 25.9 Å². The number of hydrogen-bond donors (Lipinski definition) is 2. The van der Waals surface area contributed by atoms with E-state index in [4.69, 9.17) is 5.73 Å². The minimum Gasteiger partial charge on any atom is -0.388 e. The summed E-state index contributed by atoms with van der Waals surface area (Å²) >= 11 is 0. The molecule has 2 aromatic rings. The van der Waals surface area contributed by atoms with E-state index in [1.807, 2.05) is 44.2 Å². The lowest BCUT2D eigenvalue weighted by molar-refractivity contribution is 0.145. The normalized spacial score (nSPS) is 14.1. The van der Waals surface area contributed by atoms with Gasteiger partial charge in [-0.25, -0.2) is 0 Å². The molecule has 1 aromatic heterocycles. The highest BCUT2D eigenvalue weighted by atomic mass is 16.3. The van der Waals surface area contributed by atoms with Crippen LogP contribution in [0.2, 0.25) is 0 Å². The SMILES string of the molecule is Cc1ccc(C(O)C(CN)c2ccccn2)c(C)c1. The highest BCUT2D eigenvalue weighted by Crippen LogP contribution is 2.31. The summed E-state index contributed by atoms with van der Waals surface area (Å²) < 4.78 is 0. The predicted octanol–water partition coefficient (Wildman–Crippen LogP) is 2.47. The molecule has 1 aromatic carbocycles. The van der Waals surface area contributed by atoms with E-state index in [0.717, 1.165) is 16.8 Å². The Morgan fingerprint density at radius 3 is 2.58 bits per heavy atom. The van der Waals surface area contributed by atoms with Crippen molar-refractivity contribution in [1.29, 1.82) is 0 Å². The van der Waals surface area contributed by atoms with Gasteiger partial charge in [-0.1, -0.05) is 29.8 Å². The smallest absolute Gasteiger partial charge is 0.0888 e. The molecule has 0 amide bonds. The van der Waals surface area contributed by atoms with Gasteiger partial charge in [-0.3, -0.25) is 4.98 Å². The van der Waals surface area contributed by atoms with Crippen molar-refractivity contribution in [3.05, 3.63) is 65.0 Å². The van der Waals surface area contributed by atoms with Crippen LogP contribution in [-0.2, 0) is 0 Å². The minimum atomic E-state index is -0.625. The molecule has 0 saturated carbocycles. The first-order valence-corrected chi connectivity index (χ1v) is 6.49. The summed E-state index contributed by atoms with van der Waals surface area (Å²) in [5.41, 5.74) is 9.85. The molecule has 3 heteroatoms. The van der Waals surface area contributed by atoms with E-state index in [-0.39, 0.29) is 5.92 Å². The number of aryl methyl sites for hydroxylation is 2. The molecule has 0 saturated heterocycles. The molecular formula is C16H20N2O. The molecule has 19 heavy (non-hydrogen) atoms. The number of nitrogens with zero attached hydrogens (tertiary/aromatic N) is 1. The lowest BCUT2D eigenvalue weighted by atomic mass is 9.89. The zero-order valence-electron chi connectivity index (χ0n) is 11.4. The summed E-state index contributed by atoms with van der Waals surface area (Å²) in [7, 11) is 0. The van der Waals surface area contributed by atoms with E-state index in [9.17, 15) is 5.11 Å². The zero-order chi connectivity index (χ0) is 13.8. The van der Waals surface area contributed by atoms with Crippen molar-refractivity contribution in [3.63, 3.8) is 0 Å². The molecule has 0 bridgehead atoms. The number of pyridine rings is 1. The summed E-state index contributed by atoms with van der Waals surface area (Å²) in [4.78, 5) is 4.30. The van der Waals surface area contributed by atoms with Crippen LogP contribution in [0, 0.1) is 13.8 Å². The number of rotatable bonds is 4. The fraction of sp³-hybridized carbons (Fsp3) is 0.312. The maximum absolute atomic E-state index is 10.6. The number of aliphatic hydroxyl groups is 1. The van der Waals surface area contributed by atoms with E-state index in [1.165, 1.54) is 5.56 Å². The fourth-order valence-corrected chi connectivity index (χ4v) is 2.38. The van der Waals surface area contributed by atoms with Gasteiger partial charge in [0.25, 0.3) is 0 Å². The third-order valence-electron chi connectivity index (χ3n) is 3.45. The molecule has 0 fully saturated rings. The van der Waals surface area contributed by atoms with Crippen LogP contribution < -0.4 is 5.73 Å². The fourth-order valence-electron chi connectivity index (χ4n) is 2.38. The van der Waals surface area contributed by atoms with E-state index in [2.05, 4.69) is 11.1 Å². The first-order valence-electron chi connectivity index (χ1n) is 6.49. The average molecular weight is 256 g/mol. The van der Waals surface area contributed by atoms with Crippen molar-refractivity contribution >= 4 is 0 Å². The monoisotopic (exact) mass is 256 g/mol. The highest BCUT2D eigenvalue weighted by molar-refractivity contribution is 5.34. The van der Waals surface area contributed by atoms with Crippen molar-refractivity contribution in [2.24, 2.45) is 5.73 Å². The van der Waals surface area contributed by atoms with Crippen LogP contribution in [0.3, 0.4) is 0 Å². The van der Waals surface area contributed by atoms with Crippen LogP contribution in [0.25, 0.3) is 0 Å². The molecule has 0 aliphatic heterocycles. The van der Waals surface area contributed by atoms with Crippen LogP contribution in [0.1, 0.15) is 34.4 Å². The van der Waals surface area contributed by atoms with Gasteiger partial charge in [0, 0.05) is 24.4 Å². The lowest BCUT2D eigenvalue weighted by Crippen LogP contribution is -2.21. The largest absolute Gasteiger partial charge is 0.388 e. The Bertz CT molecular complexity index is 540. The third-order valence-corrected chi connectivity index (χ3v) is 3.45. The molecular weight excluding hydrogens is 236 g/mol. The highest BCUT2D eigenvalue weighted by Gasteiger charge is 2.23. The number of hydrogen-bond acceptors (Lipinski definition) is 3. The summed E-state index contributed by atoms with van der Waals surface area (Å²) in [5, 5.41) is 10.6. The Morgan fingerprint density at radius 1 is 1.21 bits per heavy atom. The summed E-state index contributed by atoms with van der Waals surface area (Å²) in [6, 6.07) is 11.7. The zero-order valence-corrected chi connectivity index (χ0v) is 11.4. The molecule has 3 nitrogen and oxygen atoms in total. The summed E-state index contributed by atoms with van der Waals surface area (Å²) in [5.74, 6) is -0.178. The van der Waals surface area contributed by atoms with Crippen molar-refractivity contribution in [2.75, 3.05) is 6.54 Å². The Hall–Kier alpha value is -1.71. The molecule has 2 atom stereocenters. The molecule has 0 radical (unpaired) electrons. The van der Waals surface area contributed by atoms with Gasteiger partial charge in [-0.2, -0.15) is 0 Å². The standard InChI is InChI=1S/C16H20N2O/c1-11-6-7-13(12(2)9-11)16(19)14(10-17)15-5-3-4-8-18-15/h3-9,14,16,19H,10,17H2,1-2H3. The topological polar surface area (TPSA) is 59.1 Å². The molecule has 0 spiro atoms. The van der Waals surface area contributed by atoms with E-state index < -0.39 is 6.10 Å². The second kappa shape index (κ2) is 5.95. The molecule has 0 aliphatic carbocycles. The summed E-state index contributed by atoms with van der Waals surface area (Å²) in [6.45, 7) is 4.42. The van der Waals surface area contributed by atoms with Gasteiger partial charge in [0.2, 0.25) is 0 Å². The molecule has 2 unspecified atom stereocenters. The Labute approximate surface area is 114 Å². The second-order valence-corrected chi connectivity index (χ2v) is 4.90. The van der Waals surface area contributed by atoms with Gasteiger partial charge < -0.3 is 10.8 Å². The molecule has 3 N–H and O–H groups in total. The van der Waals surface area contributed by atoms with Gasteiger partial charge in [0.05, 0.1) is 6.10 Å². The Balaban J connectivity index is 2.33. The number of aromatic nitrogens is 1. The van der Waals surface area contributed by atoms with E-state index >= 15 is 0 Å². The van der Waals surface area contributed by atoms with Gasteiger partial charge in [0.1, 0.15) is 0 Å². The predicted molar refractivity (Wildman–Crippen MR) is 76.9 cm³/mol. The number of benzene rings is 1. The number of aliphatic hydroxyl groups excluding tert-OH is 1. The van der Waals surface area contributed by atoms with E-state index in [1.54, 1.807) is 6.20 Å². The number of nitrogens with two attached hydrogens (primary N) is 1. The summed E-state index contributed by atoms with van der Waals surface area (Å²) in [6.07, 6.45) is 1.10. The quantitative estimate of drug-likeness (QED) is 0.883. The van der Waals surface area contributed by atoms with Crippen LogP contribution in [0.4, 0.5) is 0 Å². The van der Waals surface area contributed by atoms with Crippen LogP contribution in [0.5, 0.6) is 0 Å². The van der Waals surface area contributed by atoms with Crippen molar-refractivity contribution in [1.82, 2.24) is 4.98 Å². The second-order valence-electron chi connectivity index (χ2n) is 4.90. The van der Waals surface area contributed by atoms with Gasteiger partial charge in [-0.15, -0.1) is 0 Å². The van der Waals surface area contributed by atoms with Crippen LogP contribution in [0.15, 0.2) is 42.6 Å². The van der Waals surface area contributed by atoms with Gasteiger partial charge >= 0.3 is 0 Å². The van der Waals surface area contributed by atoms with Crippen LogP contribution >= 0.6 is 0 Å². The Morgan fingerprint density at radius 2 is 2.00 bits per heavy atom. The maximum Gasteiger partial charge on any atom is 0.0888 e. The lowest BCUT2D eigenvalue weighted by Gasteiger charge is -2.23.